The monoisotopic (exact) mass is 554 g/mol. The lowest BCUT2D eigenvalue weighted by Crippen LogP contribution is -2.26. The number of aryl methyl sites for hydroxylation is 3. The molecule has 0 aliphatic carbocycles. The zero-order valence-electron chi connectivity index (χ0n) is 23.1. The highest BCUT2D eigenvalue weighted by atomic mass is 19.1. The van der Waals surface area contributed by atoms with E-state index in [4.69, 9.17) is 14.2 Å². The molecule has 3 heterocycles. The number of ether oxygens (including phenoxy) is 3. The van der Waals surface area contributed by atoms with Crippen molar-refractivity contribution in [1.82, 2.24) is 15.0 Å². The Morgan fingerprint density at radius 3 is 2.37 bits per heavy atom. The number of carbonyl (C=O) groups is 1. The van der Waals surface area contributed by atoms with Gasteiger partial charge in [0.2, 0.25) is 5.43 Å². The lowest BCUT2D eigenvalue weighted by atomic mass is 9.96. The van der Waals surface area contributed by atoms with Gasteiger partial charge in [-0.3, -0.25) is 14.6 Å². The number of nitrogens with zero attached hydrogens (tertiary/aromatic N) is 2. The van der Waals surface area contributed by atoms with E-state index >= 15 is 0 Å². The third kappa shape index (κ3) is 5.31. The molecule has 41 heavy (non-hydrogen) atoms. The van der Waals surface area contributed by atoms with Crippen molar-refractivity contribution in [3.05, 3.63) is 99.3 Å². The molecule has 0 aliphatic heterocycles. The van der Waals surface area contributed by atoms with Crippen LogP contribution in [0.25, 0.3) is 22.2 Å². The molecule has 0 aliphatic rings. The molecule has 208 valence electrons. The molecular weight excluding hydrogens is 527 g/mol. The van der Waals surface area contributed by atoms with Gasteiger partial charge in [0.1, 0.15) is 22.6 Å². The van der Waals surface area contributed by atoms with Crippen molar-refractivity contribution in [1.29, 1.82) is 0 Å². The highest BCUT2D eigenvalue weighted by Crippen LogP contribution is 2.34. The van der Waals surface area contributed by atoms with E-state index in [-0.39, 0.29) is 5.56 Å². The largest absolute Gasteiger partial charge is 0.491 e. The zero-order valence-corrected chi connectivity index (χ0v) is 23.1. The average molecular weight is 555 g/mol. The topological polar surface area (TPSA) is 115 Å². The van der Waals surface area contributed by atoms with Crippen LogP contribution in [0.1, 0.15) is 27.3 Å². The molecule has 0 unspecified atom stereocenters. The normalized spacial score (nSPS) is 10.9. The van der Waals surface area contributed by atoms with E-state index in [1.54, 1.807) is 69.4 Å². The van der Waals surface area contributed by atoms with Gasteiger partial charge < -0.3 is 24.5 Å². The second kappa shape index (κ2) is 11.1. The summed E-state index contributed by atoms with van der Waals surface area (Å²) < 4.78 is 30.3. The first-order valence-electron chi connectivity index (χ1n) is 12.7. The molecule has 0 spiro atoms. The molecule has 5 aromatic rings. The van der Waals surface area contributed by atoms with E-state index in [0.29, 0.717) is 67.9 Å². The Labute approximate surface area is 235 Å². The Bertz CT molecular complexity index is 1850. The molecule has 1 amide bonds. The molecule has 2 aromatic carbocycles. The van der Waals surface area contributed by atoms with Crippen LogP contribution in [0.5, 0.6) is 23.1 Å². The standard InChI is InChI=1S/C31H27FN4O5/c1-16-14-19(32)6-11-22(16)26-17(2)34-18(3)27(29(26)37)30(38)35-20-7-9-21(10-8-20)41-24-12-13-33-23-15-25(39-4)31(40-5)36-28(23)24/h6-15H,1-5H3,(H,34,37)(H,35,38). The summed E-state index contributed by atoms with van der Waals surface area (Å²) in [6, 6.07) is 14.3. The molecule has 3 aromatic heterocycles. The van der Waals surface area contributed by atoms with Crippen molar-refractivity contribution in [3.63, 3.8) is 0 Å². The summed E-state index contributed by atoms with van der Waals surface area (Å²) in [7, 11) is 3.02. The summed E-state index contributed by atoms with van der Waals surface area (Å²) in [6.07, 6.45) is 1.60. The first kappa shape index (κ1) is 27.3. The molecule has 0 atom stereocenters. The molecule has 0 fully saturated rings. The van der Waals surface area contributed by atoms with Gasteiger partial charge in [-0.1, -0.05) is 6.07 Å². The van der Waals surface area contributed by atoms with E-state index < -0.39 is 17.2 Å². The Morgan fingerprint density at radius 2 is 1.68 bits per heavy atom. The number of benzene rings is 2. The SMILES string of the molecule is COc1cc2nccc(Oc3ccc(NC(=O)c4c(C)[nH]c(C)c(-c5ccc(F)cc5C)c4=O)cc3)c2nc1OC. The fraction of sp³-hybridized carbons (Fsp3) is 0.161. The Hall–Kier alpha value is -5.25. The van der Waals surface area contributed by atoms with Gasteiger partial charge in [0, 0.05) is 41.0 Å². The van der Waals surface area contributed by atoms with Gasteiger partial charge in [-0.2, -0.15) is 0 Å². The summed E-state index contributed by atoms with van der Waals surface area (Å²) in [5, 5.41) is 2.78. The second-order valence-electron chi connectivity index (χ2n) is 9.37. The number of amides is 1. The van der Waals surface area contributed by atoms with Crippen LogP contribution in [-0.4, -0.2) is 35.1 Å². The molecule has 10 heteroatoms. The van der Waals surface area contributed by atoms with Gasteiger partial charge in [-0.25, -0.2) is 9.37 Å². The Kier molecular flexibility index (Phi) is 7.39. The van der Waals surface area contributed by atoms with E-state index in [9.17, 15) is 14.0 Å². The van der Waals surface area contributed by atoms with Crippen molar-refractivity contribution in [2.75, 3.05) is 19.5 Å². The van der Waals surface area contributed by atoms with Crippen LogP contribution in [0.3, 0.4) is 0 Å². The van der Waals surface area contributed by atoms with Crippen LogP contribution < -0.4 is 25.0 Å². The van der Waals surface area contributed by atoms with Crippen molar-refractivity contribution < 1.29 is 23.4 Å². The molecule has 2 N–H and O–H groups in total. The van der Waals surface area contributed by atoms with E-state index in [0.717, 1.165) is 0 Å². The summed E-state index contributed by atoms with van der Waals surface area (Å²) in [5.74, 6) is 0.737. The van der Waals surface area contributed by atoms with E-state index in [1.165, 1.54) is 26.4 Å². The Morgan fingerprint density at radius 1 is 0.927 bits per heavy atom. The molecule has 5 rings (SSSR count). The number of aromatic amines is 1. The average Bonchev–Trinajstić information content (AvgIpc) is 2.94. The second-order valence-corrected chi connectivity index (χ2v) is 9.37. The number of pyridine rings is 3. The molecular formula is C31H27FN4O5. The van der Waals surface area contributed by atoms with Gasteiger partial charge in [-0.15, -0.1) is 0 Å². The van der Waals surface area contributed by atoms with E-state index in [1.807, 2.05) is 0 Å². The number of nitrogens with one attached hydrogen (secondary N) is 2. The molecule has 0 saturated heterocycles. The number of methoxy groups -OCH3 is 2. The van der Waals surface area contributed by atoms with Crippen LogP contribution in [0.4, 0.5) is 10.1 Å². The first-order chi connectivity index (χ1) is 19.7. The van der Waals surface area contributed by atoms with Gasteiger partial charge >= 0.3 is 0 Å². The van der Waals surface area contributed by atoms with Gasteiger partial charge in [-0.05, 0) is 68.3 Å². The smallest absolute Gasteiger partial charge is 0.261 e. The third-order valence-electron chi connectivity index (χ3n) is 6.62. The quantitative estimate of drug-likeness (QED) is 0.249. The summed E-state index contributed by atoms with van der Waals surface area (Å²) in [6.45, 7) is 5.14. The lowest BCUT2D eigenvalue weighted by molar-refractivity contribution is 0.102. The summed E-state index contributed by atoms with van der Waals surface area (Å²) in [4.78, 5) is 38.7. The highest BCUT2D eigenvalue weighted by Gasteiger charge is 2.21. The number of anilines is 1. The minimum atomic E-state index is -0.566. The molecule has 0 radical (unpaired) electrons. The zero-order chi connectivity index (χ0) is 29.3. The van der Waals surface area contributed by atoms with Crippen molar-refractivity contribution in [2.45, 2.75) is 20.8 Å². The minimum absolute atomic E-state index is 0.0200. The number of halogens is 1. The van der Waals surface area contributed by atoms with Crippen LogP contribution in [0.2, 0.25) is 0 Å². The number of rotatable bonds is 7. The lowest BCUT2D eigenvalue weighted by Gasteiger charge is -2.14. The fourth-order valence-corrected chi connectivity index (χ4v) is 4.69. The Balaban J connectivity index is 1.40. The maximum Gasteiger partial charge on any atom is 0.261 e. The van der Waals surface area contributed by atoms with Crippen LogP contribution >= 0.6 is 0 Å². The van der Waals surface area contributed by atoms with Gasteiger partial charge in [0.25, 0.3) is 11.8 Å². The van der Waals surface area contributed by atoms with E-state index in [2.05, 4.69) is 20.3 Å². The maximum absolute atomic E-state index is 13.7. The highest BCUT2D eigenvalue weighted by molar-refractivity contribution is 6.05. The number of fused-ring (bicyclic) bond motifs is 1. The molecule has 0 bridgehead atoms. The fourth-order valence-electron chi connectivity index (χ4n) is 4.69. The molecule has 0 saturated carbocycles. The van der Waals surface area contributed by atoms with Crippen LogP contribution in [0.15, 0.2) is 65.6 Å². The minimum Gasteiger partial charge on any atom is -0.491 e. The molecule has 9 nitrogen and oxygen atoms in total. The van der Waals surface area contributed by atoms with Crippen molar-refractivity contribution >= 4 is 22.6 Å². The summed E-state index contributed by atoms with van der Waals surface area (Å²) in [5.41, 5.74) is 3.57. The van der Waals surface area contributed by atoms with Gasteiger partial charge in [0.15, 0.2) is 11.5 Å². The number of hydrogen-bond acceptors (Lipinski definition) is 7. The predicted octanol–water partition coefficient (Wildman–Crippen LogP) is 6.11. The van der Waals surface area contributed by atoms with Crippen molar-refractivity contribution in [3.8, 4) is 34.3 Å². The number of aromatic nitrogens is 3. The van der Waals surface area contributed by atoms with Crippen LogP contribution in [0, 0.1) is 26.6 Å². The third-order valence-corrected chi connectivity index (χ3v) is 6.62. The summed E-state index contributed by atoms with van der Waals surface area (Å²) >= 11 is 0. The first-order valence-corrected chi connectivity index (χ1v) is 12.7. The number of H-pyrrole nitrogens is 1. The maximum atomic E-state index is 13.7. The number of hydrogen-bond donors (Lipinski definition) is 2. The van der Waals surface area contributed by atoms with Crippen molar-refractivity contribution in [2.24, 2.45) is 0 Å². The predicted molar refractivity (Wildman–Crippen MR) is 154 cm³/mol. The van der Waals surface area contributed by atoms with Crippen LogP contribution in [-0.2, 0) is 0 Å². The number of carbonyl (C=O) groups excluding carboxylic acids is 1. The van der Waals surface area contributed by atoms with Gasteiger partial charge in [0.05, 0.1) is 19.7 Å².